The van der Waals surface area contributed by atoms with Crippen LogP contribution in [0.15, 0.2) is 18.2 Å². The number of hydrogen-bond donors (Lipinski definition) is 0. The minimum absolute atomic E-state index is 0.373. The Bertz CT molecular complexity index is 357. The predicted octanol–water partition coefficient (Wildman–Crippen LogP) is 2.22. The Hall–Kier alpha value is -1.09. The number of nitrogens with zero attached hydrogens (tertiary/aromatic N) is 2. The van der Waals surface area contributed by atoms with Crippen LogP contribution in [0.25, 0.3) is 0 Å². The molecule has 0 aromatic heterocycles. The van der Waals surface area contributed by atoms with Gasteiger partial charge < -0.3 is 9.80 Å². The Kier molecular flexibility index (Phi) is 3.44. The van der Waals surface area contributed by atoms with E-state index in [1.54, 1.807) is 0 Å². The summed E-state index contributed by atoms with van der Waals surface area (Å²) in [4.78, 5) is 4.66. The highest BCUT2D eigenvalue weighted by Crippen LogP contribution is 2.20. The first kappa shape index (κ1) is 11.4. The molecule has 0 unspecified atom stereocenters. The molecular formula is C13H19FN2. The van der Waals surface area contributed by atoms with Gasteiger partial charge in [-0.25, -0.2) is 4.39 Å². The molecule has 1 fully saturated rings. The van der Waals surface area contributed by atoms with Crippen LogP contribution >= 0.6 is 0 Å². The van der Waals surface area contributed by atoms with E-state index in [1.165, 1.54) is 5.69 Å². The number of halogens is 1. The van der Waals surface area contributed by atoms with Gasteiger partial charge in [0.25, 0.3) is 0 Å². The van der Waals surface area contributed by atoms with Crippen LogP contribution in [0.1, 0.15) is 11.1 Å². The molecule has 2 rings (SSSR count). The summed E-state index contributed by atoms with van der Waals surface area (Å²) in [5.41, 5.74) is 3.10. The average Bonchev–Trinajstić information content (AvgIpc) is 2.29. The summed E-state index contributed by atoms with van der Waals surface area (Å²) in [6, 6.07) is 6.03. The van der Waals surface area contributed by atoms with Gasteiger partial charge >= 0.3 is 0 Å². The van der Waals surface area contributed by atoms with Crippen molar-refractivity contribution in [3.8, 4) is 0 Å². The van der Waals surface area contributed by atoms with Crippen molar-refractivity contribution in [2.24, 2.45) is 0 Å². The van der Waals surface area contributed by atoms with E-state index < -0.39 is 0 Å². The van der Waals surface area contributed by atoms with E-state index in [1.807, 2.05) is 19.1 Å². The number of likely N-dealkylation sites (N-methyl/N-ethyl adjacent to an activating group) is 1. The summed E-state index contributed by atoms with van der Waals surface area (Å²) in [5.74, 6) is 0. The van der Waals surface area contributed by atoms with Crippen molar-refractivity contribution in [3.63, 3.8) is 0 Å². The summed E-state index contributed by atoms with van der Waals surface area (Å²) in [6.07, 6.45) is 0. The first-order valence-electron chi connectivity index (χ1n) is 5.79. The lowest BCUT2D eigenvalue weighted by molar-refractivity contribution is 0.313. The number of aryl methyl sites for hydroxylation is 1. The van der Waals surface area contributed by atoms with Crippen molar-refractivity contribution in [2.75, 3.05) is 38.1 Å². The maximum Gasteiger partial charge on any atom is 0.115 e. The summed E-state index contributed by atoms with van der Waals surface area (Å²) < 4.78 is 12.7. The predicted molar refractivity (Wildman–Crippen MR) is 65.7 cm³/mol. The molecule has 16 heavy (non-hydrogen) atoms. The second-order valence-electron chi connectivity index (χ2n) is 4.60. The minimum atomic E-state index is -0.373. The van der Waals surface area contributed by atoms with Crippen molar-refractivity contribution in [3.05, 3.63) is 29.3 Å². The van der Waals surface area contributed by atoms with Gasteiger partial charge in [0, 0.05) is 31.9 Å². The molecule has 88 valence electrons. The smallest absolute Gasteiger partial charge is 0.115 e. The van der Waals surface area contributed by atoms with Gasteiger partial charge in [-0.1, -0.05) is 6.07 Å². The molecule has 0 amide bonds. The van der Waals surface area contributed by atoms with Crippen LogP contribution in [0.4, 0.5) is 10.1 Å². The first-order valence-corrected chi connectivity index (χ1v) is 5.79. The molecule has 0 spiro atoms. The molecule has 3 heteroatoms. The zero-order valence-corrected chi connectivity index (χ0v) is 10.0. The summed E-state index contributed by atoms with van der Waals surface area (Å²) in [6.45, 7) is 5.89. The van der Waals surface area contributed by atoms with Gasteiger partial charge in [-0.2, -0.15) is 0 Å². The molecule has 1 saturated heterocycles. The Morgan fingerprint density at radius 1 is 1.12 bits per heavy atom. The quantitative estimate of drug-likeness (QED) is 0.757. The van der Waals surface area contributed by atoms with Crippen LogP contribution in [0, 0.1) is 6.92 Å². The Morgan fingerprint density at radius 2 is 1.81 bits per heavy atom. The van der Waals surface area contributed by atoms with E-state index in [9.17, 15) is 4.39 Å². The summed E-state index contributed by atoms with van der Waals surface area (Å²) in [7, 11) is 2.14. The molecular weight excluding hydrogens is 203 g/mol. The van der Waals surface area contributed by atoms with E-state index >= 15 is 0 Å². The molecule has 0 saturated carbocycles. The van der Waals surface area contributed by atoms with Gasteiger partial charge in [0.1, 0.15) is 6.67 Å². The van der Waals surface area contributed by atoms with Crippen molar-refractivity contribution >= 4 is 5.69 Å². The highest BCUT2D eigenvalue weighted by molar-refractivity contribution is 5.51. The molecule has 1 aromatic rings. The third-order valence-corrected chi connectivity index (χ3v) is 3.14. The number of piperazine rings is 1. The summed E-state index contributed by atoms with van der Waals surface area (Å²) >= 11 is 0. The number of anilines is 1. The fraction of sp³-hybridized carbons (Fsp3) is 0.538. The number of hydrogen-bond acceptors (Lipinski definition) is 2. The van der Waals surface area contributed by atoms with E-state index in [2.05, 4.69) is 22.9 Å². The molecule has 1 aromatic carbocycles. The zero-order valence-electron chi connectivity index (χ0n) is 10.0. The Morgan fingerprint density at radius 3 is 2.44 bits per heavy atom. The highest BCUT2D eigenvalue weighted by Gasteiger charge is 2.14. The third-order valence-electron chi connectivity index (χ3n) is 3.14. The van der Waals surface area contributed by atoms with Gasteiger partial charge in [0.2, 0.25) is 0 Å². The van der Waals surface area contributed by atoms with Crippen LogP contribution in [0.5, 0.6) is 0 Å². The van der Waals surface area contributed by atoms with E-state index in [0.717, 1.165) is 37.3 Å². The molecule has 1 aliphatic rings. The standard InChI is InChI=1S/C13H19FN2/c1-11-7-12(10-14)9-13(8-11)16-5-3-15(2)4-6-16/h7-9H,3-6,10H2,1-2H3. The summed E-state index contributed by atoms with van der Waals surface area (Å²) in [5, 5.41) is 0. The lowest BCUT2D eigenvalue weighted by Crippen LogP contribution is -2.44. The van der Waals surface area contributed by atoms with Crippen molar-refractivity contribution in [1.82, 2.24) is 4.90 Å². The molecule has 0 aliphatic carbocycles. The van der Waals surface area contributed by atoms with Crippen LogP contribution in [0.2, 0.25) is 0 Å². The van der Waals surface area contributed by atoms with Gasteiger partial charge in [-0.05, 0) is 37.2 Å². The SMILES string of the molecule is Cc1cc(CF)cc(N2CCN(C)CC2)c1. The van der Waals surface area contributed by atoms with Gasteiger partial charge in [-0.3, -0.25) is 0 Å². The molecule has 0 bridgehead atoms. The maximum atomic E-state index is 12.7. The van der Waals surface area contributed by atoms with Crippen molar-refractivity contribution < 1.29 is 4.39 Å². The zero-order chi connectivity index (χ0) is 11.5. The number of benzene rings is 1. The average molecular weight is 222 g/mol. The number of alkyl halides is 1. The number of rotatable bonds is 2. The monoisotopic (exact) mass is 222 g/mol. The van der Waals surface area contributed by atoms with Crippen molar-refractivity contribution in [1.29, 1.82) is 0 Å². The highest BCUT2D eigenvalue weighted by atomic mass is 19.1. The lowest BCUT2D eigenvalue weighted by Gasteiger charge is -2.34. The van der Waals surface area contributed by atoms with Gasteiger partial charge in [0.15, 0.2) is 0 Å². The van der Waals surface area contributed by atoms with E-state index in [-0.39, 0.29) is 6.67 Å². The van der Waals surface area contributed by atoms with Crippen LogP contribution in [-0.4, -0.2) is 38.1 Å². The normalized spacial score (nSPS) is 17.8. The van der Waals surface area contributed by atoms with Crippen molar-refractivity contribution in [2.45, 2.75) is 13.6 Å². The van der Waals surface area contributed by atoms with Crippen LogP contribution in [-0.2, 0) is 6.67 Å². The first-order chi connectivity index (χ1) is 7.69. The van der Waals surface area contributed by atoms with E-state index in [0.29, 0.717) is 0 Å². The molecule has 1 heterocycles. The third kappa shape index (κ3) is 2.53. The second-order valence-corrected chi connectivity index (χ2v) is 4.60. The van der Waals surface area contributed by atoms with Gasteiger partial charge in [-0.15, -0.1) is 0 Å². The fourth-order valence-corrected chi connectivity index (χ4v) is 2.17. The van der Waals surface area contributed by atoms with E-state index in [4.69, 9.17) is 0 Å². The molecule has 2 nitrogen and oxygen atoms in total. The lowest BCUT2D eigenvalue weighted by atomic mass is 10.1. The van der Waals surface area contributed by atoms with Gasteiger partial charge in [0.05, 0.1) is 0 Å². The minimum Gasteiger partial charge on any atom is -0.369 e. The molecule has 0 radical (unpaired) electrons. The fourth-order valence-electron chi connectivity index (χ4n) is 2.17. The van der Waals surface area contributed by atoms with Crippen LogP contribution < -0.4 is 4.90 Å². The molecule has 0 N–H and O–H groups in total. The van der Waals surface area contributed by atoms with Crippen LogP contribution in [0.3, 0.4) is 0 Å². The maximum absolute atomic E-state index is 12.7. The largest absolute Gasteiger partial charge is 0.369 e. The topological polar surface area (TPSA) is 6.48 Å². The second kappa shape index (κ2) is 4.83. The Labute approximate surface area is 96.7 Å². The Balaban J connectivity index is 2.16. The molecule has 1 aliphatic heterocycles. The molecule has 0 atom stereocenters.